The maximum Gasteiger partial charge on any atom is 0.254 e. The summed E-state index contributed by atoms with van der Waals surface area (Å²) >= 11 is 0. The van der Waals surface area contributed by atoms with Gasteiger partial charge in [0.05, 0.1) is 0 Å². The molecule has 2 N–H and O–H groups in total. The van der Waals surface area contributed by atoms with Crippen molar-refractivity contribution in [2.24, 2.45) is 5.73 Å². The van der Waals surface area contributed by atoms with Crippen molar-refractivity contribution in [2.75, 3.05) is 39.3 Å². The maximum absolute atomic E-state index is 13.1. The summed E-state index contributed by atoms with van der Waals surface area (Å²) in [7, 11) is 0. The van der Waals surface area contributed by atoms with Crippen molar-refractivity contribution in [1.29, 1.82) is 0 Å². The van der Waals surface area contributed by atoms with Crippen molar-refractivity contribution in [2.45, 2.75) is 13.3 Å². The van der Waals surface area contributed by atoms with Crippen molar-refractivity contribution in [3.05, 3.63) is 35.1 Å². The van der Waals surface area contributed by atoms with Gasteiger partial charge in [-0.1, -0.05) is 0 Å². The lowest BCUT2D eigenvalue weighted by molar-refractivity contribution is 0.0636. The lowest BCUT2D eigenvalue weighted by Crippen LogP contribution is -2.49. The number of carbonyl (C=O) groups excluding carboxylic acids is 1. The number of amides is 1. The Labute approximate surface area is 119 Å². The molecule has 0 aromatic heterocycles. The number of hydrogen-bond acceptors (Lipinski definition) is 3. The molecule has 0 spiro atoms. The number of carbonyl (C=O) groups is 1. The fraction of sp³-hybridized carbons (Fsp3) is 0.533. The van der Waals surface area contributed by atoms with Crippen molar-refractivity contribution >= 4 is 5.91 Å². The number of hydrogen-bond donors (Lipinski definition) is 1. The van der Waals surface area contributed by atoms with Crippen LogP contribution in [0.25, 0.3) is 0 Å². The summed E-state index contributed by atoms with van der Waals surface area (Å²) in [6.07, 6.45) is 0.991. The Balaban J connectivity index is 1.94. The Morgan fingerprint density at radius 1 is 1.30 bits per heavy atom. The highest BCUT2D eigenvalue weighted by molar-refractivity contribution is 5.95. The molecule has 0 unspecified atom stereocenters. The first kappa shape index (κ1) is 14.9. The van der Waals surface area contributed by atoms with E-state index in [2.05, 4.69) is 4.90 Å². The molecule has 4 nitrogen and oxygen atoms in total. The summed E-state index contributed by atoms with van der Waals surface area (Å²) in [4.78, 5) is 16.6. The first-order valence-corrected chi connectivity index (χ1v) is 7.09. The Morgan fingerprint density at radius 2 is 2.00 bits per heavy atom. The molecule has 0 atom stereocenters. The molecule has 5 heteroatoms. The quantitative estimate of drug-likeness (QED) is 0.902. The molecule has 110 valence electrons. The number of nitrogens with zero attached hydrogens (tertiary/aromatic N) is 2. The summed E-state index contributed by atoms with van der Waals surface area (Å²) < 4.78 is 13.1. The molecule has 1 aliphatic rings. The zero-order valence-electron chi connectivity index (χ0n) is 11.9. The molecule has 1 aromatic rings. The van der Waals surface area contributed by atoms with Gasteiger partial charge in [0, 0.05) is 31.7 Å². The molecule has 1 saturated heterocycles. The lowest BCUT2D eigenvalue weighted by atomic mass is 10.1. The number of benzene rings is 1. The second-order valence-corrected chi connectivity index (χ2v) is 5.24. The topological polar surface area (TPSA) is 49.6 Å². The predicted molar refractivity (Wildman–Crippen MR) is 77.2 cm³/mol. The van der Waals surface area contributed by atoms with Crippen LogP contribution in [0.15, 0.2) is 18.2 Å². The van der Waals surface area contributed by atoms with Crippen LogP contribution in [-0.2, 0) is 0 Å². The number of nitrogens with two attached hydrogens (primary N) is 1. The van der Waals surface area contributed by atoms with Crippen LogP contribution in [0.5, 0.6) is 0 Å². The fourth-order valence-corrected chi connectivity index (χ4v) is 2.53. The third kappa shape index (κ3) is 3.55. The van der Waals surface area contributed by atoms with Crippen molar-refractivity contribution in [1.82, 2.24) is 9.80 Å². The lowest BCUT2D eigenvalue weighted by Gasteiger charge is -2.35. The largest absolute Gasteiger partial charge is 0.336 e. The van der Waals surface area contributed by atoms with Gasteiger partial charge in [-0.25, -0.2) is 4.39 Å². The van der Waals surface area contributed by atoms with E-state index in [1.807, 2.05) is 4.90 Å². The Morgan fingerprint density at radius 3 is 2.60 bits per heavy atom. The molecule has 0 saturated carbocycles. The van der Waals surface area contributed by atoms with Gasteiger partial charge in [-0.2, -0.15) is 0 Å². The molecule has 0 aliphatic carbocycles. The minimum Gasteiger partial charge on any atom is -0.336 e. The second kappa shape index (κ2) is 6.81. The molecule has 1 amide bonds. The summed E-state index contributed by atoms with van der Waals surface area (Å²) in [6.45, 7) is 6.67. The summed E-state index contributed by atoms with van der Waals surface area (Å²) in [5.74, 6) is -0.299. The van der Waals surface area contributed by atoms with E-state index in [0.717, 1.165) is 39.1 Å². The van der Waals surface area contributed by atoms with E-state index in [9.17, 15) is 9.18 Å². The van der Waals surface area contributed by atoms with Crippen LogP contribution in [0.4, 0.5) is 4.39 Å². The molecule has 1 aliphatic heterocycles. The third-order valence-corrected chi connectivity index (χ3v) is 3.76. The van der Waals surface area contributed by atoms with E-state index in [1.165, 1.54) is 12.1 Å². The van der Waals surface area contributed by atoms with E-state index in [-0.39, 0.29) is 11.7 Å². The normalized spacial score (nSPS) is 16.4. The van der Waals surface area contributed by atoms with E-state index in [0.29, 0.717) is 17.7 Å². The predicted octanol–water partition coefficient (Wildman–Crippen LogP) is 1.24. The van der Waals surface area contributed by atoms with Crippen LogP contribution < -0.4 is 5.73 Å². The minimum absolute atomic E-state index is 0.000903. The molecule has 2 rings (SSSR count). The smallest absolute Gasteiger partial charge is 0.254 e. The van der Waals surface area contributed by atoms with Crippen molar-refractivity contribution in [3.63, 3.8) is 0 Å². The molecule has 0 bridgehead atoms. The maximum atomic E-state index is 13.1. The van der Waals surface area contributed by atoms with Gasteiger partial charge in [-0.15, -0.1) is 0 Å². The molecule has 0 radical (unpaired) electrons. The first-order chi connectivity index (χ1) is 9.61. The zero-order valence-corrected chi connectivity index (χ0v) is 11.9. The number of rotatable bonds is 4. The van der Waals surface area contributed by atoms with Gasteiger partial charge in [-0.3, -0.25) is 9.69 Å². The average Bonchev–Trinajstić information content (AvgIpc) is 2.45. The number of halogens is 1. The van der Waals surface area contributed by atoms with Gasteiger partial charge in [-0.05, 0) is 50.2 Å². The summed E-state index contributed by atoms with van der Waals surface area (Å²) in [6, 6.07) is 4.33. The van der Waals surface area contributed by atoms with Gasteiger partial charge in [0.2, 0.25) is 0 Å². The highest BCUT2D eigenvalue weighted by Crippen LogP contribution is 2.14. The first-order valence-electron chi connectivity index (χ1n) is 7.09. The second-order valence-electron chi connectivity index (χ2n) is 5.24. The Hall–Kier alpha value is -1.46. The summed E-state index contributed by atoms with van der Waals surface area (Å²) in [5.41, 5.74) is 6.80. The van der Waals surface area contributed by atoms with Crippen molar-refractivity contribution < 1.29 is 9.18 Å². The highest BCUT2D eigenvalue weighted by atomic mass is 19.1. The Kier molecular flexibility index (Phi) is 5.09. The van der Waals surface area contributed by atoms with Crippen LogP contribution in [0.3, 0.4) is 0 Å². The molecule has 1 aromatic carbocycles. The minimum atomic E-state index is -0.300. The van der Waals surface area contributed by atoms with Gasteiger partial charge < -0.3 is 10.6 Å². The fourth-order valence-electron chi connectivity index (χ4n) is 2.53. The van der Waals surface area contributed by atoms with E-state index in [1.54, 1.807) is 13.0 Å². The van der Waals surface area contributed by atoms with Crippen LogP contribution in [0.2, 0.25) is 0 Å². The average molecular weight is 279 g/mol. The Bertz CT molecular complexity index is 470. The zero-order chi connectivity index (χ0) is 14.5. The van der Waals surface area contributed by atoms with Crippen LogP contribution in [-0.4, -0.2) is 55.0 Å². The molecular weight excluding hydrogens is 257 g/mol. The van der Waals surface area contributed by atoms with Gasteiger partial charge in [0.1, 0.15) is 5.82 Å². The van der Waals surface area contributed by atoms with Crippen LogP contribution >= 0.6 is 0 Å². The van der Waals surface area contributed by atoms with Crippen molar-refractivity contribution in [3.8, 4) is 0 Å². The standard InChI is InChI=1S/C15H22FN3O/c1-12-11-13(16)3-4-14(12)15(20)19-9-7-18(8-10-19)6-2-5-17/h3-4,11H,2,5-10,17H2,1H3. The SMILES string of the molecule is Cc1cc(F)ccc1C(=O)N1CCN(CCCN)CC1. The van der Waals surface area contributed by atoms with Crippen LogP contribution in [0, 0.1) is 12.7 Å². The molecule has 1 fully saturated rings. The van der Waals surface area contributed by atoms with Gasteiger partial charge >= 0.3 is 0 Å². The highest BCUT2D eigenvalue weighted by Gasteiger charge is 2.22. The van der Waals surface area contributed by atoms with E-state index < -0.39 is 0 Å². The number of aryl methyl sites for hydroxylation is 1. The molecule has 1 heterocycles. The summed E-state index contributed by atoms with van der Waals surface area (Å²) in [5, 5.41) is 0. The molecular formula is C15H22FN3O. The third-order valence-electron chi connectivity index (χ3n) is 3.76. The van der Waals surface area contributed by atoms with E-state index in [4.69, 9.17) is 5.73 Å². The molecule has 20 heavy (non-hydrogen) atoms. The van der Waals surface area contributed by atoms with Crippen LogP contribution in [0.1, 0.15) is 22.3 Å². The van der Waals surface area contributed by atoms with Gasteiger partial charge in [0.15, 0.2) is 0 Å². The van der Waals surface area contributed by atoms with Gasteiger partial charge in [0.25, 0.3) is 5.91 Å². The monoisotopic (exact) mass is 279 g/mol. The van der Waals surface area contributed by atoms with E-state index >= 15 is 0 Å². The number of piperazine rings is 1.